The van der Waals surface area contributed by atoms with E-state index in [9.17, 15) is 9.59 Å². The van der Waals surface area contributed by atoms with Crippen LogP contribution in [-0.4, -0.2) is 23.1 Å². The highest BCUT2D eigenvalue weighted by molar-refractivity contribution is 9.10. The Morgan fingerprint density at radius 3 is 2.50 bits per heavy atom. The highest BCUT2D eigenvalue weighted by Gasteiger charge is 2.38. The zero-order valence-corrected chi connectivity index (χ0v) is 16.6. The molecule has 1 N–H and O–H groups in total. The lowest BCUT2D eigenvalue weighted by Crippen LogP contribution is -2.58. The van der Waals surface area contributed by atoms with Gasteiger partial charge < -0.3 is 5.32 Å². The van der Waals surface area contributed by atoms with Crippen molar-refractivity contribution in [2.75, 3.05) is 4.90 Å². The van der Waals surface area contributed by atoms with Crippen molar-refractivity contribution in [3.63, 3.8) is 0 Å². The molecule has 7 heteroatoms. The maximum absolute atomic E-state index is 12.9. The molecule has 0 radical (unpaired) electrons. The number of hydrogen-bond acceptors (Lipinski definition) is 4. The predicted octanol–water partition coefficient (Wildman–Crippen LogP) is 3.83. The van der Waals surface area contributed by atoms with Crippen LogP contribution in [0, 0.1) is 19.8 Å². The van der Waals surface area contributed by atoms with Crippen molar-refractivity contribution in [2.24, 2.45) is 10.9 Å². The van der Waals surface area contributed by atoms with E-state index in [0.29, 0.717) is 11.4 Å². The smallest absolute Gasteiger partial charge is 0.251 e. The Kier molecular flexibility index (Phi) is 5.29. The molecule has 1 unspecified atom stereocenters. The van der Waals surface area contributed by atoms with Gasteiger partial charge in [-0.3, -0.25) is 19.5 Å². The fourth-order valence-corrected chi connectivity index (χ4v) is 3.35. The maximum Gasteiger partial charge on any atom is 0.251 e. The number of nitrogens with one attached hydrogen (secondary N) is 1. The number of carbonyl (C=O) groups excluding carboxylic acids is 2. The number of halogens is 1. The van der Waals surface area contributed by atoms with Crippen molar-refractivity contribution in [2.45, 2.75) is 13.8 Å². The number of nitrogens with zero attached hydrogens (tertiary/aromatic N) is 2. The second-order valence-electron chi connectivity index (χ2n) is 5.99. The number of amides is 2. The van der Waals surface area contributed by atoms with E-state index in [1.807, 2.05) is 44.2 Å². The quantitative estimate of drug-likeness (QED) is 0.458. The fraction of sp³-hybridized carbons (Fsp3) is 0.158. The lowest BCUT2D eigenvalue weighted by Gasteiger charge is -2.31. The molecule has 1 aliphatic rings. The molecule has 1 fully saturated rings. The molecule has 0 spiro atoms. The van der Waals surface area contributed by atoms with Crippen molar-refractivity contribution in [1.82, 2.24) is 5.32 Å². The molecular weight excluding hydrogens is 414 g/mol. The first-order chi connectivity index (χ1) is 12.4. The SMILES string of the molecule is Cc1ccc(N2C(=O)C(C=Nc3ccc(Br)cc3C)C(=O)NC2=S)cc1. The molecule has 2 aromatic carbocycles. The van der Waals surface area contributed by atoms with Gasteiger partial charge in [0.25, 0.3) is 5.91 Å². The van der Waals surface area contributed by atoms with E-state index >= 15 is 0 Å². The number of benzene rings is 2. The molecule has 0 aliphatic carbocycles. The summed E-state index contributed by atoms with van der Waals surface area (Å²) >= 11 is 8.58. The molecule has 1 heterocycles. The minimum atomic E-state index is -1.04. The number of aliphatic imine (C=N–C) groups is 1. The average molecular weight is 430 g/mol. The largest absolute Gasteiger partial charge is 0.301 e. The van der Waals surface area contributed by atoms with Crippen molar-refractivity contribution in [1.29, 1.82) is 0 Å². The van der Waals surface area contributed by atoms with Gasteiger partial charge in [-0.2, -0.15) is 0 Å². The number of rotatable bonds is 3. The lowest BCUT2D eigenvalue weighted by molar-refractivity contribution is -0.130. The Hall–Kier alpha value is -2.38. The average Bonchev–Trinajstić information content (AvgIpc) is 2.57. The summed E-state index contributed by atoms with van der Waals surface area (Å²) in [7, 11) is 0. The minimum Gasteiger partial charge on any atom is -0.301 e. The van der Waals surface area contributed by atoms with E-state index in [1.54, 1.807) is 12.1 Å². The number of aryl methyl sites for hydroxylation is 2. The van der Waals surface area contributed by atoms with Gasteiger partial charge in [0.15, 0.2) is 11.0 Å². The van der Waals surface area contributed by atoms with Gasteiger partial charge in [-0.25, -0.2) is 0 Å². The summed E-state index contributed by atoms with van der Waals surface area (Å²) in [5, 5.41) is 2.66. The molecule has 2 amide bonds. The number of carbonyl (C=O) groups is 2. The van der Waals surface area contributed by atoms with Crippen LogP contribution < -0.4 is 10.2 Å². The van der Waals surface area contributed by atoms with Crippen molar-refractivity contribution < 1.29 is 9.59 Å². The van der Waals surface area contributed by atoms with Crippen LogP contribution in [0.15, 0.2) is 51.9 Å². The summed E-state index contributed by atoms with van der Waals surface area (Å²) in [6.45, 7) is 3.87. The van der Waals surface area contributed by atoms with E-state index in [0.717, 1.165) is 15.6 Å². The lowest BCUT2D eigenvalue weighted by atomic mass is 10.1. The number of anilines is 1. The third-order valence-electron chi connectivity index (χ3n) is 4.02. The normalized spacial score (nSPS) is 17.7. The maximum atomic E-state index is 12.9. The topological polar surface area (TPSA) is 61.8 Å². The van der Waals surface area contributed by atoms with E-state index in [4.69, 9.17) is 12.2 Å². The van der Waals surface area contributed by atoms with E-state index in [2.05, 4.69) is 26.2 Å². The van der Waals surface area contributed by atoms with Crippen LogP contribution in [0.2, 0.25) is 0 Å². The Morgan fingerprint density at radius 1 is 1.15 bits per heavy atom. The van der Waals surface area contributed by atoms with Crippen LogP contribution in [0.25, 0.3) is 0 Å². The third kappa shape index (κ3) is 3.73. The van der Waals surface area contributed by atoms with Crippen molar-refractivity contribution in [3.8, 4) is 0 Å². The summed E-state index contributed by atoms with van der Waals surface area (Å²) < 4.78 is 0.941. The zero-order valence-electron chi connectivity index (χ0n) is 14.2. The van der Waals surface area contributed by atoms with Crippen LogP contribution in [0.4, 0.5) is 11.4 Å². The Morgan fingerprint density at radius 2 is 1.85 bits per heavy atom. The number of hydrogen-bond donors (Lipinski definition) is 1. The molecule has 0 aromatic heterocycles. The predicted molar refractivity (Wildman–Crippen MR) is 110 cm³/mol. The first-order valence-corrected chi connectivity index (χ1v) is 9.13. The molecule has 0 bridgehead atoms. The molecular formula is C19H16BrN3O2S. The Labute approximate surface area is 165 Å². The molecule has 2 aromatic rings. The van der Waals surface area contributed by atoms with Gasteiger partial charge in [-0.05, 0) is 62.0 Å². The van der Waals surface area contributed by atoms with Crippen LogP contribution in [0.1, 0.15) is 11.1 Å². The molecule has 3 rings (SSSR count). The van der Waals surface area contributed by atoms with Gasteiger partial charge in [-0.15, -0.1) is 0 Å². The summed E-state index contributed by atoms with van der Waals surface area (Å²) in [6.07, 6.45) is 1.37. The molecule has 0 saturated carbocycles. The van der Waals surface area contributed by atoms with Gasteiger partial charge in [0, 0.05) is 10.7 Å². The third-order valence-corrected chi connectivity index (χ3v) is 4.79. The van der Waals surface area contributed by atoms with Crippen LogP contribution >= 0.6 is 28.1 Å². The van der Waals surface area contributed by atoms with E-state index < -0.39 is 17.7 Å². The van der Waals surface area contributed by atoms with Gasteiger partial charge in [-0.1, -0.05) is 33.6 Å². The van der Waals surface area contributed by atoms with Crippen LogP contribution in [-0.2, 0) is 9.59 Å². The van der Waals surface area contributed by atoms with Crippen LogP contribution in [0.3, 0.4) is 0 Å². The van der Waals surface area contributed by atoms with Crippen molar-refractivity contribution >= 4 is 62.7 Å². The van der Waals surface area contributed by atoms with Gasteiger partial charge >= 0.3 is 0 Å². The van der Waals surface area contributed by atoms with Gasteiger partial charge in [0.05, 0.1) is 11.4 Å². The van der Waals surface area contributed by atoms with Crippen molar-refractivity contribution in [3.05, 3.63) is 58.1 Å². The highest BCUT2D eigenvalue weighted by Crippen LogP contribution is 2.24. The van der Waals surface area contributed by atoms with E-state index in [1.165, 1.54) is 11.1 Å². The Bertz CT molecular complexity index is 925. The van der Waals surface area contributed by atoms with Gasteiger partial charge in [0.2, 0.25) is 5.91 Å². The summed E-state index contributed by atoms with van der Waals surface area (Å²) in [5.74, 6) is -1.92. The minimum absolute atomic E-state index is 0.0772. The van der Waals surface area contributed by atoms with Gasteiger partial charge in [0.1, 0.15) is 0 Å². The first-order valence-electron chi connectivity index (χ1n) is 7.92. The molecule has 132 valence electrons. The fourth-order valence-electron chi connectivity index (χ4n) is 2.58. The molecule has 26 heavy (non-hydrogen) atoms. The van der Waals surface area contributed by atoms with Crippen LogP contribution in [0.5, 0.6) is 0 Å². The summed E-state index contributed by atoms with van der Waals surface area (Å²) in [4.78, 5) is 30.8. The summed E-state index contributed by atoms with van der Waals surface area (Å²) in [5.41, 5.74) is 3.31. The molecule has 1 atom stereocenters. The first kappa shape index (κ1) is 18.4. The standard InChI is InChI=1S/C19H16BrN3O2S/c1-11-3-6-14(7-4-11)23-18(25)15(17(24)22-19(23)26)10-21-16-8-5-13(20)9-12(16)2/h3-10,15H,1-2H3,(H,22,24,26). The monoisotopic (exact) mass is 429 g/mol. The molecule has 1 aliphatic heterocycles. The second-order valence-corrected chi connectivity index (χ2v) is 7.29. The Balaban J connectivity index is 1.90. The highest BCUT2D eigenvalue weighted by atomic mass is 79.9. The summed E-state index contributed by atoms with van der Waals surface area (Å²) in [6, 6.07) is 13.0. The van der Waals surface area contributed by atoms with E-state index in [-0.39, 0.29) is 5.11 Å². The second kappa shape index (κ2) is 7.47. The zero-order chi connectivity index (χ0) is 18.8. The molecule has 5 nitrogen and oxygen atoms in total. The molecule has 1 saturated heterocycles. The number of thiocarbonyl (C=S) groups is 1.